The van der Waals surface area contributed by atoms with Crippen LogP contribution in [0.25, 0.3) is 11.1 Å². The highest BCUT2D eigenvalue weighted by Crippen LogP contribution is 2.38. The van der Waals surface area contributed by atoms with Crippen molar-refractivity contribution in [1.29, 1.82) is 0 Å². The molecule has 0 spiro atoms. The van der Waals surface area contributed by atoms with Crippen LogP contribution in [0.3, 0.4) is 0 Å². The first-order valence-electron chi connectivity index (χ1n) is 16.4. The molecule has 4 N–H and O–H groups in total. The summed E-state index contributed by atoms with van der Waals surface area (Å²) in [6.07, 6.45) is -4.42. The monoisotopic (exact) mass is 731 g/mol. The number of para-hydroxylation sites is 2. The van der Waals surface area contributed by atoms with Crippen LogP contribution in [-0.2, 0) is 40.4 Å². The number of carbonyl (C=O) groups is 3. The summed E-state index contributed by atoms with van der Waals surface area (Å²) in [5.41, 5.74) is 13.6. The van der Waals surface area contributed by atoms with Crippen LogP contribution in [-0.4, -0.2) is 29.1 Å². The number of benzene rings is 5. The van der Waals surface area contributed by atoms with Gasteiger partial charge in [-0.3, -0.25) is 9.59 Å². The highest BCUT2D eigenvalue weighted by atomic mass is 19.4. The first kappa shape index (κ1) is 38.2. The SMILES string of the molecule is NCc1cccc(Oc2ccccc2N(Cc2ccc3c(c2)Cc2ccccc2-3)C(=O)CCC(=O)NCc2ccc(F)c(F)c2)c1.O=C(O)C(F)(F)F. The molecule has 0 saturated heterocycles. The summed E-state index contributed by atoms with van der Waals surface area (Å²) in [6, 6.07) is 32.9. The van der Waals surface area contributed by atoms with Crippen LogP contribution >= 0.6 is 0 Å². The Morgan fingerprint density at radius 2 is 1.45 bits per heavy atom. The summed E-state index contributed by atoms with van der Waals surface area (Å²) in [4.78, 5) is 37.2. The molecule has 5 aromatic carbocycles. The van der Waals surface area contributed by atoms with Gasteiger partial charge in [0.2, 0.25) is 11.8 Å². The highest BCUT2D eigenvalue weighted by Gasteiger charge is 2.38. The van der Waals surface area contributed by atoms with Gasteiger partial charge in [-0.25, -0.2) is 13.6 Å². The maximum Gasteiger partial charge on any atom is 0.490 e. The summed E-state index contributed by atoms with van der Waals surface area (Å²) < 4.78 is 64.9. The van der Waals surface area contributed by atoms with E-state index in [4.69, 9.17) is 20.4 Å². The number of nitrogens with two attached hydrogens (primary N) is 1. The minimum Gasteiger partial charge on any atom is -0.475 e. The molecular formula is C40H34F5N3O5. The van der Waals surface area contributed by atoms with Gasteiger partial charge in [-0.05, 0) is 81.8 Å². The second-order valence-electron chi connectivity index (χ2n) is 12.1. The summed E-state index contributed by atoms with van der Waals surface area (Å²) >= 11 is 0. The Balaban J connectivity index is 0.000000705. The lowest BCUT2D eigenvalue weighted by molar-refractivity contribution is -0.192. The molecule has 8 nitrogen and oxygen atoms in total. The normalized spacial score (nSPS) is 11.4. The Hall–Kier alpha value is -6.08. The minimum absolute atomic E-state index is 0.0178. The molecule has 1 aliphatic carbocycles. The van der Waals surface area contributed by atoms with Gasteiger partial charge in [0.25, 0.3) is 0 Å². The van der Waals surface area contributed by atoms with Crippen LogP contribution in [0.15, 0.2) is 109 Å². The van der Waals surface area contributed by atoms with Gasteiger partial charge in [0.1, 0.15) is 5.75 Å². The van der Waals surface area contributed by atoms with Crippen molar-refractivity contribution in [2.45, 2.75) is 45.1 Å². The zero-order valence-corrected chi connectivity index (χ0v) is 28.1. The van der Waals surface area contributed by atoms with E-state index in [0.29, 0.717) is 29.3 Å². The van der Waals surface area contributed by atoms with Crippen molar-refractivity contribution < 1.29 is 46.2 Å². The van der Waals surface area contributed by atoms with Crippen molar-refractivity contribution in [3.8, 4) is 22.6 Å². The number of aliphatic carboxylic acids is 1. The number of nitrogens with zero attached hydrogens (tertiary/aromatic N) is 1. The molecule has 0 atom stereocenters. The van der Waals surface area contributed by atoms with E-state index in [-0.39, 0.29) is 37.7 Å². The maximum atomic E-state index is 13.9. The van der Waals surface area contributed by atoms with E-state index in [0.717, 1.165) is 29.7 Å². The number of nitrogens with one attached hydrogen (secondary N) is 1. The zero-order chi connectivity index (χ0) is 38.1. The van der Waals surface area contributed by atoms with E-state index in [1.807, 2.05) is 60.7 Å². The average molecular weight is 732 g/mol. The van der Waals surface area contributed by atoms with Crippen molar-refractivity contribution in [2.24, 2.45) is 5.73 Å². The minimum atomic E-state index is -5.08. The lowest BCUT2D eigenvalue weighted by Crippen LogP contribution is -2.32. The van der Waals surface area contributed by atoms with Gasteiger partial charge in [-0.15, -0.1) is 0 Å². The number of halogens is 5. The number of hydrogen-bond donors (Lipinski definition) is 3. The molecule has 1 aliphatic rings. The third-order valence-electron chi connectivity index (χ3n) is 8.30. The summed E-state index contributed by atoms with van der Waals surface area (Å²) in [7, 11) is 0. The number of carboxylic acid groups (broad SMARTS) is 1. The summed E-state index contributed by atoms with van der Waals surface area (Å²) in [6.45, 7) is 0.649. The van der Waals surface area contributed by atoms with Crippen LogP contribution in [0.4, 0.5) is 27.6 Å². The fraction of sp³-hybridized carbons (Fsp3) is 0.175. The molecule has 0 bridgehead atoms. The lowest BCUT2D eigenvalue weighted by Gasteiger charge is -2.26. The van der Waals surface area contributed by atoms with Gasteiger partial charge in [0.15, 0.2) is 17.4 Å². The molecule has 6 rings (SSSR count). The topological polar surface area (TPSA) is 122 Å². The number of alkyl halides is 3. The Labute approximate surface area is 301 Å². The fourth-order valence-corrected chi connectivity index (χ4v) is 5.71. The first-order valence-corrected chi connectivity index (χ1v) is 16.4. The number of ether oxygens (including phenoxy) is 1. The standard InChI is InChI=1S/C38H33F2N3O3.C2HF3O2/c39-33-15-13-26(20-34(33)40)23-42-37(44)16-17-38(45)43(24-27-12-14-32-29(18-27)21-28-7-1-2-9-31(28)32)35-10-3-4-11-36(35)46-30-8-5-6-25(19-30)22-41;3-2(4,5)1(6)7/h1-15,18-20H,16-17,21-24,41H2,(H,42,44);(H,6,7). The van der Waals surface area contributed by atoms with E-state index in [1.54, 1.807) is 11.0 Å². The van der Waals surface area contributed by atoms with Crippen LogP contribution < -0.4 is 20.7 Å². The number of amides is 2. The third-order valence-corrected chi connectivity index (χ3v) is 8.30. The molecule has 274 valence electrons. The summed E-state index contributed by atoms with van der Waals surface area (Å²) in [5.74, 6) is -4.26. The Morgan fingerprint density at radius 3 is 2.19 bits per heavy atom. The first-order chi connectivity index (χ1) is 25.3. The number of fused-ring (bicyclic) bond motifs is 3. The van der Waals surface area contributed by atoms with Gasteiger partial charge >= 0.3 is 12.1 Å². The largest absolute Gasteiger partial charge is 0.490 e. The fourth-order valence-electron chi connectivity index (χ4n) is 5.71. The van der Waals surface area contributed by atoms with Crippen LogP contribution in [0.1, 0.15) is 40.7 Å². The Kier molecular flexibility index (Phi) is 12.2. The number of rotatable bonds is 11. The van der Waals surface area contributed by atoms with Crippen LogP contribution in [0.5, 0.6) is 11.5 Å². The van der Waals surface area contributed by atoms with Gasteiger partial charge in [-0.2, -0.15) is 13.2 Å². The molecule has 0 radical (unpaired) electrons. The van der Waals surface area contributed by atoms with Gasteiger partial charge < -0.3 is 25.8 Å². The molecule has 0 aromatic heterocycles. The lowest BCUT2D eigenvalue weighted by atomic mass is 10.0. The van der Waals surface area contributed by atoms with Crippen molar-refractivity contribution >= 4 is 23.5 Å². The van der Waals surface area contributed by atoms with Gasteiger partial charge in [0, 0.05) is 25.9 Å². The van der Waals surface area contributed by atoms with Gasteiger partial charge in [-0.1, -0.05) is 72.8 Å². The van der Waals surface area contributed by atoms with E-state index in [2.05, 4.69) is 29.6 Å². The number of carboxylic acids is 1. The van der Waals surface area contributed by atoms with Crippen LogP contribution in [0, 0.1) is 11.6 Å². The molecule has 0 heterocycles. The van der Waals surface area contributed by atoms with E-state index < -0.39 is 23.8 Å². The second kappa shape index (κ2) is 17.0. The maximum absolute atomic E-state index is 13.9. The second-order valence-corrected chi connectivity index (χ2v) is 12.1. The van der Waals surface area contributed by atoms with Crippen molar-refractivity contribution in [3.05, 3.63) is 149 Å². The molecule has 0 saturated carbocycles. The third kappa shape index (κ3) is 10.0. The number of anilines is 1. The van der Waals surface area contributed by atoms with Crippen LogP contribution in [0.2, 0.25) is 0 Å². The van der Waals surface area contributed by atoms with Crippen molar-refractivity contribution in [3.63, 3.8) is 0 Å². The Morgan fingerprint density at radius 1 is 0.755 bits per heavy atom. The molecule has 5 aromatic rings. The average Bonchev–Trinajstić information content (AvgIpc) is 3.51. The molecular weight excluding hydrogens is 697 g/mol. The van der Waals surface area contributed by atoms with E-state index in [1.165, 1.54) is 28.3 Å². The molecule has 2 amide bonds. The molecule has 0 fully saturated rings. The van der Waals surface area contributed by atoms with Crippen molar-refractivity contribution in [1.82, 2.24) is 5.32 Å². The predicted molar refractivity (Wildman–Crippen MR) is 188 cm³/mol. The molecule has 0 aliphatic heterocycles. The van der Waals surface area contributed by atoms with E-state index in [9.17, 15) is 31.5 Å². The summed E-state index contributed by atoms with van der Waals surface area (Å²) in [5, 5.41) is 9.81. The quantitative estimate of drug-likeness (QED) is 0.116. The predicted octanol–water partition coefficient (Wildman–Crippen LogP) is 8.05. The zero-order valence-electron chi connectivity index (χ0n) is 28.1. The van der Waals surface area contributed by atoms with E-state index >= 15 is 0 Å². The molecule has 0 unspecified atom stereocenters. The number of hydrogen-bond acceptors (Lipinski definition) is 5. The van der Waals surface area contributed by atoms with Gasteiger partial charge in [0.05, 0.1) is 12.2 Å². The Bertz CT molecular complexity index is 2120. The molecule has 13 heteroatoms. The highest BCUT2D eigenvalue weighted by molar-refractivity contribution is 5.96. The number of carbonyl (C=O) groups excluding carboxylic acids is 2. The molecule has 53 heavy (non-hydrogen) atoms. The van der Waals surface area contributed by atoms with Crippen molar-refractivity contribution in [2.75, 3.05) is 4.90 Å². The smallest absolute Gasteiger partial charge is 0.475 e.